The average molecular weight is 293 g/mol. The molecule has 1 atom stereocenters. The number of nitrogens with one attached hydrogen (secondary N) is 1. The Morgan fingerprint density at radius 2 is 2.00 bits per heavy atom. The zero-order chi connectivity index (χ0) is 15.5. The van der Waals surface area contributed by atoms with Crippen LogP contribution < -0.4 is 10.2 Å². The van der Waals surface area contributed by atoms with Crippen LogP contribution in [0.1, 0.15) is 18.1 Å². The minimum absolute atomic E-state index is 0.0446. The number of benzene rings is 1. The van der Waals surface area contributed by atoms with Crippen molar-refractivity contribution in [1.29, 1.82) is 0 Å². The number of carbonyl (C=O) groups is 1. The van der Waals surface area contributed by atoms with Crippen molar-refractivity contribution in [2.75, 3.05) is 13.2 Å². The number of ether oxygens (including phenoxy) is 1. The third-order valence-corrected chi connectivity index (χ3v) is 2.59. The summed E-state index contributed by atoms with van der Waals surface area (Å²) < 4.78 is 5.22. The van der Waals surface area contributed by atoms with Gasteiger partial charge >= 0.3 is 0 Å². The van der Waals surface area contributed by atoms with Crippen LogP contribution in [0.25, 0.3) is 0 Å². The predicted octanol–water partition coefficient (Wildman–Crippen LogP) is 1.10. The van der Waals surface area contributed by atoms with Crippen molar-refractivity contribution in [3.8, 4) is 5.75 Å². The Hall–Kier alpha value is -2.15. The smallest absolute Gasteiger partial charge is 0.267 e. The van der Waals surface area contributed by atoms with Crippen LogP contribution in [-0.4, -0.2) is 34.5 Å². The van der Waals surface area contributed by atoms with Gasteiger partial charge in [0.05, 0.1) is 12.7 Å². The van der Waals surface area contributed by atoms with Crippen LogP contribution in [0.2, 0.25) is 0 Å². The molecular weight excluding hydrogens is 274 g/mol. The van der Waals surface area contributed by atoms with E-state index in [0.717, 1.165) is 11.6 Å². The van der Waals surface area contributed by atoms with Crippen LogP contribution in [0, 0.1) is 0 Å². The Labute approximate surface area is 122 Å². The molecule has 0 bridgehead atoms. The van der Waals surface area contributed by atoms with Crippen molar-refractivity contribution < 1.29 is 25.0 Å². The van der Waals surface area contributed by atoms with E-state index < -0.39 is 12.0 Å². The number of hydrogen-bond acceptors (Lipinski definition) is 5. The molecule has 6 nitrogen and oxygen atoms in total. The van der Waals surface area contributed by atoms with Crippen LogP contribution in [0.3, 0.4) is 0 Å². The van der Waals surface area contributed by atoms with E-state index in [4.69, 9.17) is 15.1 Å². The van der Waals surface area contributed by atoms with Gasteiger partial charge in [0.2, 0.25) is 0 Å². The number of allylic oxidation sites excluding steroid dienone is 2. The molecule has 1 aromatic rings. The van der Waals surface area contributed by atoms with Crippen molar-refractivity contribution in [2.45, 2.75) is 12.5 Å². The maximum Gasteiger partial charge on any atom is 0.267 e. The molecule has 0 saturated carbocycles. The fraction of sp³-hybridized carbons (Fsp3) is 0.267. The van der Waals surface area contributed by atoms with E-state index >= 15 is 0 Å². The summed E-state index contributed by atoms with van der Waals surface area (Å²) >= 11 is 0. The van der Waals surface area contributed by atoms with Gasteiger partial charge in [0.25, 0.3) is 5.91 Å². The van der Waals surface area contributed by atoms with E-state index in [-0.39, 0.29) is 13.2 Å². The summed E-state index contributed by atoms with van der Waals surface area (Å²) in [6.07, 6.45) is 5.68. The van der Waals surface area contributed by atoms with Crippen molar-refractivity contribution in [3.05, 3.63) is 54.1 Å². The van der Waals surface area contributed by atoms with E-state index in [9.17, 15) is 9.90 Å². The molecule has 0 aromatic heterocycles. The average Bonchev–Trinajstić information content (AvgIpc) is 2.52. The van der Waals surface area contributed by atoms with Crippen LogP contribution in [0.5, 0.6) is 5.75 Å². The molecule has 1 amide bonds. The molecule has 0 aliphatic carbocycles. The molecule has 114 valence electrons. The van der Waals surface area contributed by atoms with Crippen LogP contribution in [0.15, 0.2) is 48.6 Å². The number of hydroxylamine groups is 1. The normalized spacial score (nSPS) is 12.7. The molecular formula is C15H19NO5. The van der Waals surface area contributed by atoms with Gasteiger partial charge in [-0.3, -0.25) is 10.0 Å². The lowest BCUT2D eigenvalue weighted by Gasteiger charge is -2.09. The number of aliphatic hydroxyl groups is 2. The molecule has 0 radical (unpaired) electrons. The van der Waals surface area contributed by atoms with Gasteiger partial charge in [-0.2, -0.15) is 0 Å². The highest BCUT2D eigenvalue weighted by atomic mass is 16.5. The molecule has 0 saturated heterocycles. The van der Waals surface area contributed by atoms with E-state index in [1.54, 1.807) is 36.4 Å². The van der Waals surface area contributed by atoms with Crippen LogP contribution in [0.4, 0.5) is 0 Å². The molecule has 0 aliphatic rings. The second kappa shape index (κ2) is 9.71. The highest BCUT2D eigenvalue weighted by Gasteiger charge is 2.05. The second-order valence-corrected chi connectivity index (χ2v) is 4.16. The van der Waals surface area contributed by atoms with E-state index in [0.29, 0.717) is 12.2 Å². The minimum Gasteiger partial charge on any atom is -0.491 e. The summed E-state index contributed by atoms with van der Waals surface area (Å²) in [5.74, 6) is 0.0205. The standard InChI is InChI=1S/C15H19NO5/c17-10-11-21-13-8-6-12(7-9-13)14(18)4-2-1-3-5-15(19)16-20/h1-3,5-9,14,17-18,20H,4,10-11H2,(H,16,19)/b2-1+,5-3+/t14-/m0/s1. The quantitative estimate of drug-likeness (QED) is 0.249. The molecule has 0 unspecified atom stereocenters. The molecule has 0 spiro atoms. The van der Waals surface area contributed by atoms with Gasteiger partial charge in [-0.05, 0) is 24.1 Å². The van der Waals surface area contributed by atoms with Crippen molar-refractivity contribution >= 4 is 5.91 Å². The van der Waals surface area contributed by atoms with Crippen LogP contribution >= 0.6 is 0 Å². The first-order valence-corrected chi connectivity index (χ1v) is 6.46. The van der Waals surface area contributed by atoms with E-state index in [2.05, 4.69) is 0 Å². The largest absolute Gasteiger partial charge is 0.491 e. The second-order valence-electron chi connectivity index (χ2n) is 4.16. The molecule has 21 heavy (non-hydrogen) atoms. The zero-order valence-corrected chi connectivity index (χ0v) is 11.5. The van der Waals surface area contributed by atoms with Crippen molar-refractivity contribution in [2.24, 2.45) is 0 Å². The first kappa shape index (κ1) is 16.9. The molecule has 1 aromatic carbocycles. The van der Waals surface area contributed by atoms with Gasteiger partial charge in [0.1, 0.15) is 12.4 Å². The number of aliphatic hydroxyl groups excluding tert-OH is 2. The highest BCUT2D eigenvalue weighted by Crippen LogP contribution is 2.20. The zero-order valence-electron chi connectivity index (χ0n) is 11.5. The number of hydrogen-bond donors (Lipinski definition) is 4. The molecule has 0 fully saturated rings. The Bertz CT molecular complexity index is 481. The predicted molar refractivity (Wildman–Crippen MR) is 76.8 cm³/mol. The van der Waals surface area contributed by atoms with Gasteiger partial charge < -0.3 is 14.9 Å². The third-order valence-electron chi connectivity index (χ3n) is 2.59. The number of amides is 1. The third kappa shape index (κ3) is 6.71. The molecule has 6 heteroatoms. The Kier molecular flexibility index (Phi) is 7.81. The summed E-state index contributed by atoms with van der Waals surface area (Å²) in [6.45, 7) is 0.190. The number of rotatable bonds is 8. The topological polar surface area (TPSA) is 99.0 Å². The molecule has 4 N–H and O–H groups in total. The fourth-order valence-corrected chi connectivity index (χ4v) is 1.55. The summed E-state index contributed by atoms with van der Waals surface area (Å²) in [6, 6.07) is 6.95. The fourth-order valence-electron chi connectivity index (χ4n) is 1.55. The monoisotopic (exact) mass is 293 g/mol. The lowest BCUT2D eigenvalue weighted by atomic mass is 10.1. The Balaban J connectivity index is 2.44. The highest BCUT2D eigenvalue weighted by molar-refractivity contribution is 5.86. The van der Waals surface area contributed by atoms with Gasteiger partial charge in [-0.15, -0.1) is 0 Å². The maximum atomic E-state index is 10.7. The first-order chi connectivity index (χ1) is 10.2. The SMILES string of the molecule is O=C(/C=C/C=C/C[C@H](O)c1ccc(OCCO)cc1)NO. The van der Waals surface area contributed by atoms with Crippen LogP contribution in [-0.2, 0) is 4.79 Å². The lowest BCUT2D eigenvalue weighted by molar-refractivity contribution is -0.124. The minimum atomic E-state index is -0.659. The van der Waals surface area contributed by atoms with Gasteiger partial charge in [-0.1, -0.05) is 30.4 Å². The molecule has 0 heterocycles. The molecule has 1 rings (SSSR count). The van der Waals surface area contributed by atoms with E-state index in [1.165, 1.54) is 11.6 Å². The Morgan fingerprint density at radius 1 is 1.29 bits per heavy atom. The van der Waals surface area contributed by atoms with E-state index in [1.807, 2.05) is 0 Å². The summed E-state index contributed by atoms with van der Waals surface area (Å²) in [4.78, 5) is 10.7. The summed E-state index contributed by atoms with van der Waals surface area (Å²) in [7, 11) is 0. The summed E-state index contributed by atoms with van der Waals surface area (Å²) in [5, 5.41) is 26.9. The summed E-state index contributed by atoms with van der Waals surface area (Å²) in [5.41, 5.74) is 2.22. The van der Waals surface area contributed by atoms with Gasteiger partial charge in [0.15, 0.2) is 0 Å². The van der Waals surface area contributed by atoms with Crippen molar-refractivity contribution in [3.63, 3.8) is 0 Å². The molecule has 0 aliphatic heterocycles. The first-order valence-electron chi connectivity index (χ1n) is 6.46. The lowest BCUT2D eigenvalue weighted by Crippen LogP contribution is -2.14. The van der Waals surface area contributed by atoms with Gasteiger partial charge in [-0.25, -0.2) is 5.48 Å². The number of carbonyl (C=O) groups excluding carboxylic acids is 1. The Morgan fingerprint density at radius 3 is 2.62 bits per heavy atom. The van der Waals surface area contributed by atoms with Gasteiger partial charge in [0, 0.05) is 6.08 Å². The van der Waals surface area contributed by atoms with Crippen molar-refractivity contribution in [1.82, 2.24) is 5.48 Å². The maximum absolute atomic E-state index is 10.7.